The first-order chi connectivity index (χ1) is 37.5. The zero-order valence-corrected chi connectivity index (χ0v) is 46.6. The zero-order valence-electron chi connectivity index (χ0n) is 46.6. The van der Waals surface area contributed by atoms with Crippen LogP contribution in [0.3, 0.4) is 0 Å². The number of aliphatic hydroxyl groups excluding tert-OH is 1. The van der Waals surface area contributed by atoms with Crippen molar-refractivity contribution in [2.45, 2.75) is 109 Å². The summed E-state index contributed by atoms with van der Waals surface area (Å²) in [6.45, 7) is 27.1. The molecule has 11 rings (SSSR count). The number of ketones is 1. The summed E-state index contributed by atoms with van der Waals surface area (Å²) in [6.07, 6.45) is 5.92. The van der Waals surface area contributed by atoms with E-state index in [0.29, 0.717) is 35.9 Å². The second kappa shape index (κ2) is 31.9. The number of imidazole rings is 2. The number of aliphatic hydroxyl groups is 1. The van der Waals surface area contributed by atoms with Gasteiger partial charge in [-0.15, -0.1) is 0 Å². The molecule has 5 heterocycles. The Balaban J connectivity index is 0.000000275. The van der Waals surface area contributed by atoms with Crippen molar-refractivity contribution in [2.24, 2.45) is 0 Å². The van der Waals surface area contributed by atoms with Gasteiger partial charge in [-0.05, 0) is 64.4 Å². The molecule has 1 N–H and O–H groups in total. The summed E-state index contributed by atoms with van der Waals surface area (Å²) in [5, 5.41) is 24.9. The second-order valence-corrected chi connectivity index (χ2v) is 15.3. The van der Waals surface area contributed by atoms with Gasteiger partial charge < -0.3 is 14.2 Å². The van der Waals surface area contributed by atoms with E-state index in [4.69, 9.17) is 4.98 Å². The minimum atomic E-state index is -0.853. The highest BCUT2D eigenvalue weighted by atomic mass is 16.3. The Hall–Kier alpha value is -8.55. The SMILES string of the molecule is CC.CC.CC.CC.CC.CC.Cc1nc(-c2ccccc2)c2cc(C(=O)c3cncn3Cc3ccccc3)ccc2n1.OC(c1ccc2c(c1)c(-c1ccccc1)nc1nnnn12)c1cncn1Cc1ccccc1. The summed E-state index contributed by atoms with van der Waals surface area (Å²) in [5.41, 5.74) is 10.0. The zero-order chi connectivity index (χ0) is 55.4. The lowest BCUT2D eigenvalue weighted by Gasteiger charge is -2.16. The van der Waals surface area contributed by atoms with Crippen molar-refractivity contribution in [3.63, 3.8) is 0 Å². The maximum absolute atomic E-state index is 13.4. The van der Waals surface area contributed by atoms with Crippen molar-refractivity contribution >= 4 is 33.4 Å². The Bertz CT molecular complexity index is 3390. The van der Waals surface area contributed by atoms with Crippen LogP contribution in [0.5, 0.6) is 0 Å². The van der Waals surface area contributed by atoms with Crippen molar-refractivity contribution in [2.75, 3.05) is 0 Å². The van der Waals surface area contributed by atoms with Gasteiger partial charge in [0.05, 0.1) is 53.2 Å². The molecule has 13 heteroatoms. The highest BCUT2D eigenvalue weighted by Crippen LogP contribution is 2.32. The molecular weight excluding hydrogens is 943 g/mol. The minimum Gasteiger partial charge on any atom is -0.382 e. The monoisotopic (exact) mass is 1020 g/mol. The average Bonchev–Trinajstić information content (AvgIpc) is 4.31. The molecule has 0 fully saturated rings. The normalized spacial score (nSPS) is 10.3. The third-order valence-corrected chi connectivity index (χ3v) is 11.0. The Morgan fingerprint density at radius 2 is 1.05 bits per heavy atom. The van der Waals surface area contributed by atoms with Crippen LogP contribution >= 0.6 is 0 Å². The molecule has 1 unspecified atom stereocenters. The highest BCUT2D eigenvalue weighted by molar-refractivity contribution is 6.10. The number of aromatic nitrogens is 11. The van der Waals surface area contributed by atoms with Crippen molar-refractivity contribution < 1.29 is 9.90 Å². The summed E-state index contributed by atoms with van der Waals surface area (Å²) in [7, 11) is 0. The molecule has 76 heavy (non-hydrogen) atoms. The van der Waals surface area contributed by atoms with Crippen LogP contribution in [-0.4, -0.2) is 65.0 Å². The third kappa shape index (κ3) is 14.8. The lowest BCUT2D eigenvalue weighted by Crippen LogP contribution is -2.10. The van der Waals surface area contributed by atoms with E-state index in [9.17, 15) is 9.90 Å². The summed E-state index contributed by atoms with van der Waals surface area (Å²) >= 11 is 0. The van der Waals surface area contributed by atoms with Crippen molar-refractivity contribution in [3.8, 4) is 22.5 Å². The number of aryl methyl sites for hydroxylation is 1. The van der Waals surface area contributed by atoms with Crippen LogP contribution in [0.1, 0.15) is 133 Å². The molecule has 394 valence electrons. The molecule has 0 amide bonds. The summed E-state index contributed by atoms with van der Waals surface area (Å²) in [5.74, 6) is 1.05. The Kier molecular flexibility index (Phi) is 25.2. The van der Waals surface area contributed by atoms with E-state index in [2.05, 4.69) is 47.6 Å². The summed E-state index contributed by atoms with van der Waals surface area (Å²) in [4.78, 5) is 35.8. The number of fused-ring (bicyclic) bond motifs is 4. The van der Waals surface area contributed by atoms with Crippen LogP contribution in [0.2, 0.25) is 0 Å². The fourth-order valence-corrected chi connectivity index (χ4v) is 7.89. The molecule has 1 atom stereocenters. The lowest BCUT2D eigenvalue weighted by molar-refractivity contribution is 0.103. The molecule has 0 spiro atoms. The first-order valence-corrected chi connectivity index (χ1v) is 26.7. The molecule has 0 aliphatic carbocycles. The highest BCUT2D eigenvalue weighted by Gasteiger charge is 2.20. The maximum atomic E-state index is 13.4. The molecular formula is C63H75N11O2. The number of hydrogen-bond donors (Lipinski definition) is 1. The predicted octanol–water partition coefficient (Wildman–Crippen LogP) is 14.9. The number of tetrazole rings is 1. The Morgan fingerprint density at radius 1 is 0.539 bits per heavy atom. The minimum absolute atomic E-state index is 0.0742. The van der Waals surface area contributed by atoms with Gasteiger partial charge in [-0.2, -0.15) is 4.52 Å². The summed E-state index contributed by atoms with van der Waals surface area (Å²) in [6, 6.07) is 51.4. The number of benzene rings is 6. The molecule has 0 saturated heterocycles. The van der Waals surface area contributed by atoms with Gasteiger partial charge in [0, 0.05) is 40.6 Å². The van der Waals surface area contributed by atoms with Crippen molar-refractivity contribution in [1.29, 1.82) is 0 Å². The van der Waals surface area contributed by atoms with E-state index >= 15 is 0 Å². The van der Waals surface area contributed by atoms with Gasteiger partial charge in [0.15, 0.2) is 0 Å². The maximum Gasteiger partial charge on any atom is 0.274 e. The molecule has 0 saturated carbocycles. The number of carbonyl (C=O) groups excluding carboxylic acids is 1. The smallest absolute Gasteiger partial charge is 0.274 e. The Morgan fingerprint density at radius 3 is 1.63 bits per heavy atom. The van der Waals surface area contributed by atoms with Gasteiger partial charge in [-0.3, -0.25) is 4.79 Å². The quantitative estimate of drug-likeness (QED) is 0.131. The van der Waals surface area contributed by atoms with Gasteiger partial charge in [-0.25, -0.2) is 24.9 Å². The van der Waals surface area contributed by atoms with Crippen LogP contribution in [0.25, 0.3) is 50.1 Å². The van der Waals surface area contributed by atoms with Crippen molar-refractivity contribution in [3.05, 3.63) is 222 Å². The predicted molar refractivity (Wildman–Crippen MR) is 312 cm³/mol. The van der Waals surface area contributed by atoms with Crippen LogP contribution in [-0.2, 0) is 13.1 Å². The first kappa shape index (κ1) is 60.0. The number of nitrogens with zero attached hydrogens (tertiary/aromatic N) is 11. The molecule has 5 aromatic heterocycles. The molecule has 0 bridgehead atoms. The second-order valence-electron chi connectivity index (χ2n) is 15.3. The van der Waals surface area contributed by atoms with E-state index in [1.165, 1.54) is 0 Å². The number of hydrogen-bond acceptors (Lipinski definition) is 10. The van der Waals surface area contributed by atoms with Gasteiger partial charge in [0.25, 0.3) is 5.78 Å². The molecule has 0 aliphatic rings. The molecule has 6 aromatic carbocycles. The van der Waals surface area contributed by atoms with E-state index < -0.39 is 6.10 Å². The van der Waals surface area contributed by atoms with E-state index in [0.717, 1.165) is 66.7 Å². The van der Waals surface area contributed by atoms with Gasteiger partial charge >= 0.3 is 0 Å². The van der Waals surface area contributed by atoms with Gasteiger partial charge in [0.2, 0.25) is 5.78 Å². The van der Waals surface area contributed by atoms with Crippen LogP contribution in [0.15, 0.2) is 183 Å². The van der Waals surface area contributed by atoms with Gasteiger partial charge in [0.1, 0.15) is 17.6 Å². The van der Waals surface area contributed by atoms with Crippen LogP contribution in [0.4, 0.5) is 0 Å². The standard InChI is InChI=1S/C26H20N4O.C25H19N7O.6C2H6/c1-18-28-23-13-12-21(14-22(23)25(29-18)20-10-6-3-7-11-20)26(31)24-15-27-17-30(24)16-19-8-4-2-5-9-19;33-24(22-14-26-16-31(22)15-17-7-3-1-4-8-17)19-11-12-21-20(13-19)23(18-9-5-2-6-10-18)27-25-28-29-30-32(21)25;6*1-2/h2-15,17H,16H2,1H3;1-14,16,24,33H,15H2;6*1-2H3. The Labute approximate surface area is 449 Å². The molecule has 13 nitrogen and oxygen atoms in total. The first-order valence-electron chi connectivity index (χ1n) is 26.7. The number of rotatable bonds is 10. The average molecular weight is 1020 g/mol. The molecule has 11 aromatic rings. The fraction of sp³-hybridized carbons (Fsp3) is 0.254. The molecule has 0 aliphatic heterocycles. The van der Waals surface area contributed by atoms with Crippen molar-refractivity contribution in [1.82, 2.24) is 54.1 Å². The topological polar surface area (TPSA) is 155 Å². The van der Waals surface area contributed by atoms with Crippen LogP contribution in [0, 0.1) is 6.92 Å². The third-order valence-electron chi connectivity index (χ3n) is 11.0. The van der Waals surface area contributed by atoms with E-state index in [1.54, 1.807) is 29.6 Å². The van der Waals surface area contributed by atoms with E-state index in [1.807, 2.05) is 245 Å². The molecule has 0 radical (unpaired) electrons. The fourth-order valence-electron chi connectivity index (χ4n) is 7.89. The summed E-state index contributed by atoms with van der Waals surface area (Å²) < 4.78 is 5.45. The van der Waals surface area contributed by atoms with Crippen LogP contribution < -0.4 is 0 Å². The largest absolute Gasteiger partial charge is 0.382 e. The van der Waals surface area contributed by atoms with E-state index in [-0.39, 0.29) is 5.78 Å². The number of carbonyl (C=O) groups is 1. The lowest BCUT2D eigenvalue weighted by atomic mass is 10.0. The van der Waals surface area contributed by atoms with Gasteiger partial charge in [-0.1, -0.05) is 216 Å².